The normalized spacial score (nSPS) is 14.0. The molecule has 0 spiro atoms. The molecule has 0 fully saturated rings. The molecule has 0 atom stereocenters. The van der Waals surface area contributed by atoms with Crippen molar-refractivity contribution in [2.75, 3.05) is 6.54 Å². The maximum atomic E-state index is 13.9. The first-order valence-electron chi connectivity index (χ1n) is 10.6. The number of alkyl halides is 3. The van der Waals surface area contributed by atoms with E-state index >= 15 is 0 Å². The fraction of sp³-hybridized carbons (Fsp3) is 0.304. The Morgan fingerprint density at radius 3 is 2.53 bits per heavy atom. The number of pyridine rings is 1. The summed E-state index contributed by atoms with van der Waals surface area (Å²) < 4.78 is 56.1. The van der Waals surface area contributed by atoms with E-state index in [1.165, 1.54) is 34.6 Å². The van der Waals surface area contributed by atoms with E-state index in [1.807, 2.05) is 0 Å². The molecule has 0 saturated carbocycles. The van der Waals surface area contributed by atoms with Gasteiger partial charge in [0.1, 0.15) is 5.82 Å². The Morgan fingerprint density at radius 1 is 1.06 bits per heavy atom. The van der Waals surface area contributed by atoms with Crippen LogP contribution in [0.1, 0.15) is 33.0 Å². The fourth-order valence-electron chi connectivity index (χ4n) is 4.52. The fourth-order valence-corrected chi connectivity index (χ4v) is 4.52. The molecule has 0 N–H and O–H groups in total. The van der Waals surface area contributed by atoms with Crippen LogP contribution in [0.3, 0.4) is 0 Å². The minimum absolute atomic E-state index is 0.185. The van der Waals surface area contributed by atoms with Crippen LogP contribution in [0.15, 0.2) is 30.3 Å². The average Bonchev–Trinajstić information content (AvgIpc) is 3.30. The molecule has 0 unspecified atom stereocenters. The van der Waals surface area contributed by atoms with Gasteiger partial charge in [-0.15, -0.1) is 0 Å². The monoisotopic (exact) mass is 472 g/mol. The molecule has 11 heteroatoms. The standard InChI is InChI=1S/C23H20F4N6O/c1-12-8-16(15-9-13(24)4-5-17(15)28-12)22(34)33-7-6-14-18(11-33)29-32(3)21(14)19-10-20(23(25,26)27)30-31(19)2/h4-5,8-10H,6-7,11H2,1-3H3. The van der Waals surface area contributed by atoms with Crippen LogP contribution < -0.4 is 0 Å². The van der Waals surface area contributed by atoms with Crippen molar-refractivity contribution >= 4 is 16.8 Å². The van der Waals surface area contributed by atoms with Crippen molar-refractivity contribution in [3.8, 4) is 11.4 Å². The van der Waals surface area contributed by atoms with E-state index in [9.17, 15) is 22.4 Å². The van der Waals surface area contributed by atoms with Gasteiger partial charge in [0.25, 0.3) is 5.91 Å². The SMILES string of the molecule is Cc1cc(C(=O)N2CCc3c(nn(C)c3-c3cc(C(F)(F)F)nn3C)C2)c2cc(F)ccc2n1. The summed E-state index contributed by atoms with van der Waals surface area (Å²) in [6.45, 7) is 2.29. The van der Waals surface area contributed by atoms with Crippen molar-refractivity contribution in [1.29, 1.82) is 0 Å². The Bertz CT molecular complexity index is 1450. The van der Waals surface area contributed by atoms with Crippen LogP contribution in [0.4, 0.5) is 17.6 Å². The second-order valence-corrected chi connectivity index (χ2v) is 8.38. The molecule has 1 aliphatic rings. The molecule has 0 saturated heterocycles. The molecular weight excluding hydrogens is 452 g/mol. The Morgan fingerprint density at radius 2 is 1.82 bits per heavy atom. The lowest BCUT2D eigenvalue weighted by molar-refractivity contribution is -0.141. The van der Waals surface area contributed by atoms with Gasteiger partial charge in [0.15, 0.2) is 5.69 Å². The van der Waals surface area contributed by atoms with E-state index in [0.717, 1.165) is 11.6 Å². The van der Waals surface area contributed by atoms with Gasteiger partial charge in [-0.2, -0.15) is 23.4 Å². The molecule has 0 bridgehead atoms. The third kappa shape index (κ3) is 3.61. The van der Waals surface area contributed by atoms with Crippen LogP contribution in [0.5, 0.6) is 0 Å². The molecule has 1 aromatic carbocycles. The first-order chi connectivity index (χ1) is 16.0. The van der Waals surface area contributed by atoms with E-state index in [2.05, 4.69) is 15.2 Å². The first kappa shape index (κ1) is 22.1. The van der Waals surface area contributed by atoms with Crippen LogP contribution in [0.25, 0.3) is 22.3 Å². The van der Waals surface area contributed by atoms with Crippen LogP contribution in [-0.2, 0) is 33.2 Å². The van der Waals surface area contributed by atoms with Gasteiger partial charge in [0.05, 0.1) is 34.7 Å². The smallest absolute Gasteiger partial charge is 0.332 e. The van der Waals surface area contributed by atoms with Gasteiger partial charge < -0.3 is 4.90 Å². The van der Waals surface area contributed by atoms with E-state index in [4.69, 9.17) is 0 Å². The topological polar surface area (TPSA) is 68.8 Å². The van der Waals surface area contributed by atoms with Crippen molar-refractivity contribution in [1.82, 2.24) is 29.4 Å². The molecule has 0 radical (unpaired) electrons. The van der Waals surface area contributed by atoms with E-state index in [1.54, 1.807) is 24.9 Å². The highest BCUT2D eigenvalue weighted by Crippen LogP contribution is 2.35. The molecule has 7 nitrogen and oxygen atoms in total. The quantitative estimate of drug-likeness (QED) is 0.413. The summed E-state index contributed by atoms with van der Waals surface area (Å²) in [4.78, 5) is 19.4. The molecule has 1 aliphatic heterocycles. The molecule has 0 aliphatic carbocycles. The van der Waals surface area contributed by atoms with Gasteiger partial charge >= 0.3 is 6.18 Å². The summed E-state index contributed by atoms with van der Waals surface area (Å²) in [6.07, 6.45) is -4.14. The zero-order valence-corrected chi connectivity index (χ0v) is 18.6. The third-order valence-corrected chi connectivity index (χ3v) is 6.03. The second kappa shape index (κ2) is 7.64. The largest absolute Gasteiger partial charge is 0.435 e. The number of benzene rings is 1. The van der Waals surface area contributed by atoms with Crippen molar-refractivity contribution in [2.24, 2.45) is 14.1 Å². The second-order valence-electron chi connectivity index (χ2n) is 8.38. The summed E-state index contributed by atoms with van der Waals surface area (Å²) >= 11 is 0. The number of rotatable bonds is 2. The minimum atomic E-state index is -4.55. The average molecular weight is 472 g/mol. The summed E-state index contributed by atoms with van der Waals surface area (Å²) in [6, 6.07) is 6.78. The minimum Gasteiger partial charge on any atom is -0.332 e. The van der Waals surface area contributed by atoms with Crippen LogP contribution in [0, 0.1) is 12.7 Å². The lowest BCUT2D eigenvalue weighted by Crippen LogP contribution is -2.36. The maximum absolute atomic E-state index is 13.9. The van der Waals surface area contributed by atoms with Gasteiger partial charge in [0, 0.05) is 37.3 Å². The van der Waals surface area contributed by atoms with Gasteiger partial charge in [-0.25, -0.2) is 4.39 Å². The molecule has 4 aromatic rings. The predicted octanol–water partition coefficient (Wildman–Crippen LogP) is 4.03. The molecular formula is C23H20F4N6O. The lowest BCUT2D eigenvalue weighted by atomic mass is 10.0. The van der Waals surface area contributed by atoms with E-state index in [-0.39, 0.29) is 12.5 Å². The van der Waals surface area contributed by atoms with Gasteiger partial charge in [-0.05, 0) is 43.7 Å². The summed E-state index contributed by atoms with van der Waals surface area (Å²) in [5.74, 6) is -0.740. The Labute approximate surface area is 191 Å². The molecule has 5 rings (SSSR count). The van der Waals surface area contributed by atoms with Crippen LogP contribution >= 0.6 is 0 Å². The molecule has 176 valence electrons. The van der Waals surface area contributed by atoms with Crippen LogP contribution in [-0.4, -0.2) is 41.9 Å². The predicted molar refractivity (Wildman–Crippen MR) is 115 cm³/mol. The zero-order valence-electron chi connectivity index (χ0n) is 18.6. The summed E-state index contributed by atoms with van der Waals surface area (Å²) in [5.41, 5.74) is 2.77. The highest BCUT2D eigenvalue weighted by molar-refractivity contribution is 6.06. The molecule has 34 heavy (non-hydrogen) atoms. The van der Waals surface area contributed by atoms with Gasteiger partial charge in [-0.1, -0.05) is 0 Å². The number of hydrogen-bond acceptors (Lipinski definition) is 4. The number of amides is 1. The Kier molecular flexibility index (Phi) is 4.96. The summed E-state index contributed by atoms with van der Waals surface area (Å²) in [5, 5.41) is 8.52. The number of aromatic nitrogens is 5. The maximum Gasteiger partial charge on any atom is 0.435 e. The Hall–Kier alpha value is -3.76. The number of carbonyl (C=O) groups is 1. The van der Waals surface area contributed by atoms with Gasteiger partial charge in [0.2, 0.25) is 0 Å². The molecule has 1 amide bonds. The number of halogens is 4. The van der Waals surface area contributed by atoms with Crippen LogP contribution in [0.2, 0.25) is 0 Å². The van der Waals surface area contributed by atoms with E-state index in [0.29, 0.717) is 52.2 Å². The van der Waals surface area contributed by atoms with Crippen molar-refractivity contribution in [3.05, 3.63) is 64.4 Å². The number of aryl methyl sites for hydroxylation is 3. The number of carbonyl (C=O) groups excluding carboxylic acids is 1. The summed E-state index contributed by atoms with van der Waals surface area (Å²) in [7, 11) is 3.11. The number of hydrogen-bond donors (Lipinski definition) is 0. The first-order valence-corrected chi connectivity index (χ1v) is 10.6. The van der Waals surface area contributed by atoms with E-state index < -0.39 is 17.7 Å². The highest BCUT2D eigenvalue weighted by atomic mass is 19.4. The van der Waals surface area contributed by atoms with Gasteiger partial charge in [-0.3, -0.25) is 19.1 Å². The molecule has 3 aromatic heterocycles. The number of fused-ring (bicyclic) bond motifs is 2. The lowest BCUT2D eigenvalue weighted by Gasteiger charge is -2.27. The third-order valence-electron chi connectivity index (χ3n) is 6.03. The van der Waals surface area contributed by atoms with Crippen molar-refractivity contribution in [2.45, 2.75) is 26.1 Å². The molecule has 4 heterocycles. The van der Waals surface area contributed by atoms with Crippen molar-refractivity contribution in [3.63, 3.8) is 0 Å². The zero-order chi connectivity index (χ0) is 24.4. The highest BCUT2D eigenvalue weighted by Gasteiger charge is 2.36. The van der Waals surface area contributed by atoms with Crippen molar-refractivity contribution < 1.29 is 22.4 Å². The Balaban J connectivity index is 1.50. The number of nitrogens with zero attached hydrogens (tertiary/aromatic N) is 6.